The zero-order valence-corrected chi connectivity index (χ0v) is 13.6. The molecule has 1 aliphatic rings. The molecule has 0 saturated heterocycles. The monoisotopic (exact) mass is 340 g/mol. The first-order chi connectivity index (χ1) is 12.2. The molecule has 0 saturated carbocycles. The lowest BCUT2D eigenvalue weighted by atomic mass is 10.1. The molecule has 1 aliphatic heterocycles. The molecule has 0 bridgehead atoms. The fourth-order valence-electron chi connectivity index (χ4n) is 2.72. The molecule has 128 valence electrons. The van der Waals surface area contributed by atoms with Crippen molar-refractivity contribution in [3.05, 3.63) is 42.1 Å². The number of rotatable bonds is 4. The first kappa shape index (κ1) is 15.4. The van der Waals surface area contributed by atoms with Crippen LogP contribution in [0.25, 0.3) is 10.9 Å². The number of fused-ring (bicyclic) bond motifs is 2. The summed E-state index contributed by atoms with van der Waals surface area (Å²) in [5.74, 6) is 0.892. The van der Waals surface area contributed by atoms with Gasteiger partial charge in [-0.1, -0.05) is 0 Å². The van der Waals surface area contributed by atoms with E-state index in [1.807, 2.05) is 12.1 Å². The minimum absolute atomic E-state index is 0.292. The van der Waals surface area contributed by atoms with Crippen LogP contribution in [0.3, 0.4) is 0 Å². The zero-order chi connectivity index (χ0) is 17.2. The number of pyridine rings is 1. The summed E-state index contributed by atoms with van der Waals surface area (Å²) in [5.41, 5.74) is 1.68. The lowest BCUT2D eigenvalue weighted by Crippen LogP contribution is -2.16. The van der Waals surface area contributed by atoms with E-state index in [1.165, 1.54) is 6.33 Å². The second kappa shape index (κ2) is 6.39. The van der Waals surface area contributed by atoms with E-state index < -0.39 is 5.97 Å². The minimum Gasteiger partial charge on any atom is -0.486 e. The molecule has 0 amide bonds. The Kier molecular flexibility index (Phi) is 3.93. The highest BCUT2D eigenvalue weighted by atomic mass is 16.6. The highest BCUT2D eigenvalue weighted by molar-refractivity contribution is 5.96. The van der Waals surface area contributed by atoms with Gasteiger partial charge in [0.2, 0.25) is 0 Å². The Morgan fingerprint density at radius 2 is 2.04 bits per heavy atom. The second-order valence-electron chi connectivity index (χ2n) is 5.48. The van der Waals surface area contributed by atoms with Crippen molar-refractivity contribution in [3.8, 4) is 11.5 Å². The van der Waals surface area contributed by atoms with E-state index in [0.29, 0.717) is 54.6 Å². The number of benzene rings is 1. The van der Waals surface area contributed by atoms with Gasteiger partial charge in [-0.05, 0) is 19.1 Å². The van der Waals surface area contributed by atoms with Gasteiger partial charge in [-0.2, -0.15) is 5.10 Å². The van der Waals surface area contributed by atoms with Crippen molar-refractivity contribution in [1.82, 2.24) is 19.7 Å². The van der Waals surface area contributed by atoms with Gasteiger partial charge in [-0.3, -0.25) is 0 Å². The van der Waals surface area contributed by atoms with Crippen molar-refractivity contribution in [2.75, 3.05) is 19.8 Å². The van der Waals surface area contributed by atoms with Crippen LogP contribution in [0.1, 0.15) is 23.0 Å². The van der Waals surface area contributed by atoms with Crippen LogP contribution in [0, 0.1) is 0 Å². The summed E-state index contributed by atoms with van der Waals surface area (Å²) < 4.78 is 18.0. The third-order valence-corrected chi connectivity index (χ3v) is 3.83. The lowest BCUT2D eigenvalue weighted by molar-refractivity contribution is 0.0524. The molecule has 4 rings (SSSR count). The van der Waals surface area contributed by atoms with E-state index in [1.54, 1.807) is 24.0 Å². The normalized spacial score (nSPS) is 13.0. The summed E-state index contributed by atoms with van der Waals surface area (Å²) in [6.45, 7) is 3.39. The molecule has 3 heterocycles. The van der Waals surface area contributed by atoms with Gasteiger partial charge in [-0.25, -0.2) is 19.4 Å². The molecule has 2 aromatic heterocycles. The molecule has 25 heavy (non-hydrogen) atoms. The summed E-state index contributed by atoms with van der Waals surface area (Å²) in [4.78, 5) is 20.9. The first-order valence-electron chi connectivity index (χ1n) is 7.97. The molecule has 0 atom stereocenters. The van der Waals surface area contributed by atoms with Gasteiger partial charge < -0.3 is 14.2 Å². The standard InChI is InChI=1S/C17H16N4O4/c1-2-23-17(22)12-5-11-6-15-16(25-4-3-24-15)7-13(11)20-14(12)8-21-10-18-9-19-21/h5-7,9-10H,2-4,8H2,1H3. The maximum Gasteiger partial charge on any atom is 0.340 e. The van der Waals surface area contributed by atoms with Gasteiger partial charge >= 0.3 is 5.97 Å². The van der Waals surface area contributed by atoms with Gasteiger partial charge in [-0.15, -0.1) is 0 Å². The summed E-state index contributed by atoms with van der Waals surface area (Å²) in [6, 6.07) is 5.42. The number of esters is 1. The lowest BCUT2D eigenvalue weighted by Gasteiger charge is -2.19. The summed E-state index contributed by atoms with van der Waals surface area (Å²) in [6.07, 6.45) is 3.01. The molecule has 0 radical (unpaired) electrons. The van der Waals surface area contributed by atoms with Crippen molar-refractivity contribution >= 4 is 16.9 Å². The number of nitrogens with zero attached hydrogens (tertiary/aromatic N) is 4. The Balaban J connectivity index is 1.84. The van der Waals surface area contributed by atoms with Gasteiger partial charge in [0.15, 0.2) is 11.5 Å². The number of aromatic nitrogens is 4. The Hall–Kier alpha value is -3.16. The van der Waals surface area contributed by atoms with Crippen molar-refractivity contribution in [1.29, 1.82) is 0 Å². The Bertz CT molecular complexity index is 924. The average Bonchev–Trinajstić information content (AvgIpc) is 3.12. The fourth-order valence-corrected chi connectivity index (χ4v) is 2.72. The van der Waals surface area contributed by atoms with Gasteiger partial charge in [0, 0.05) is 11.5 Å². The van der Waals surface area contributed by atoms with E-state index in [9.17, 15) is 4.79 Å². The van der Waals surface area contributed by atoms with E-state index in [0.717, 1.165) is 5.39 Å². The SMILES string of the molecule is CCOC(=O)c1cc2cc3c(cc2nc1Cn1cncn1)OCCO3. The third-order valence-electron chi connectivity index (χ3n) is 3.83. The van der Waals surface area contributed by atoms with Crippen molar-refractivity contribution in [2.24, 2.45) is 0 Å². The summed E-state index contributed by atoms with van der Waals surface area (Å²) >= 11 is 0. The van der Waals surface area contributed by atoms with Crippen LogP contribution in [0.2, 0.25) is 0 Å². The van der Waals surface area contributed by atoms with Crippen molar-refractivity contribution in [2.45, 2.75) is 13.5 Å². The van der Waals surface area contributed by atoms with Crippen LogP contribution in [0.4, 0.5) is 0 Å². The molecule has 0 spiro atoms. The van der Waals surface area contributed by atoms with E-state index in [2.05, 4.69) is 15.1 Å². The first-order valence-corrected chi connectivity index (χ1v) is 7.97. The van der Waals surface area contributed by atoms with E-state index in [-0.39, 0.29) is 0 Å². The van der Waals surface area contributed by atoms with Gasteiger partial charge in [0.05, 0.1) is 29.9 Å². The molecule has 0 aliphatic carbocycles. The van der Waals surface area contributed by atoms with Gasteiger partial charge in [0.1, 0.15) is 25.9 Å². The average molecular weight is 340 g/mol. The van der Waals surface area contributed by atoms with Crippen LogP contribution in [-0.2, 0) is 11.3 Å². The summed E-state index contributed by atoms with van der Waals surface area (Å²) in [5, 5.41) is 4.86. The number of ether oxygens (including phenoxy) is 3. The second-order valence-corrected chi connectivity index (χ2v) is 5.48. The predicted octanol–water partition coefficient (Wildman–Crippen LogP) is 1.82. The summed E-state index contributed by atoms with van der Waals surface area (Å²) in [7, 11) is 0. The maximum absolute atomic E-state index is 12.4. The van der Waals surface area contributed by atoms with Crippen molar-refractivity contribution in [3.63, 3.8) is 0 Å². The van der Waals surface area contributed by atoms with Crippen LogP contribution in [0.5, 0.6) is 11.5 Å². The number of hydrogen-bond acceptors (Lipinski definition) is 7. The largest absolute Gasteiger partial charge is 0.486 e. The molecule has 8 nitrogen and oxygen atoms in total. The quantitative estimate of drug-likeness (QED) is 0.669. The minimum atomic E-state index is -0.415. The predicted molar refractivity (Wildman–Crippen MR) is 87.8 cm³/mol. The van der Waals surface area contributed by atoms with Gasteiger partial charge in [0.25, 0.3) is 0 Å². The maximum atomic E-state index is 12.4. The van der Waals surface area contributed by atoms with Crippen LogP contribution < -0.4 is 9.47 Å². The molecule has 0 N–H and O–H groups in total. The topological polar surface area (TPSA) is 88.4 Å². The molecule has 8 heteroatoms. The molecule has 3 aromatic rings. The highest BCUT2D eigenvalue weighted by Gasteiger charge is 2.19. The molecular weight excluding hydrogens is 324 g/mol. The molecule has 1 aromatic carbocycles. The Labute approximate surface area is 143 Å². The molecule has 0 fully saturated rings. The van der Waals surface area contributed by atoms with Crippen LogP contribution in [-0.4, -0.2) is 45.5 Å². The zero-order valence-electron chi connectivity index (χ0n) is 13.6. The number of carbonyl (C=O) groups excluding carboxylic acids is 1. The highest BCUT2D eigenvalue weighted by Crippen LogP contribution is 2.34. The number of hydrogen-bond donors (Lipinski definition) is 0. The molecular formula is C17H16N4O4. The Morgan fingerprint density at radius 1 is 1.24 bits per heavy atom. The smallest absolute Gasteiger partial charge is 0.340 e. The van der Waals surface area contributed by atoms with Crippen molar-refractivity contribution < 1.29 is 19.0 Å². The van der Waals surface area contributed by atoms with E-state index >= 15 is 0 Å². The van der Waals surface area contributed by atoms with Crippen LogP contribution >= 0.6 is 0 Å². The van der Waals surface area contributed by atoms with Crippen LogP contribution in [0.15, 0.2) is 30.9 Å². The van der Waals surface area contributed by atoms with E-state index in [4.69, 9.17) is 14.2 Å². The third kappa shape index (κ3) is 2.98. The Morgan fingerprint density at radius 3 is 2.76 bits per heavy atom. The molecule has 0 unspecified atom stereocenters. The number of carbonyl (C=O) groups is 1. The fraction of sp³-hybridized carbons (Fsp3) is 0.294.